The Balaban J connectivity index is 1.84. The van der Waals surface area contributed by atoms with E-state index < -0.39 is 5.91 Å². The van der Waals surface area contributed by atoms with Crippen LogP contribution in [0.5, 0.6) is 0 Å². The van der Waals surface area contributed by atoms with Crippen LogP contribution in [0.25, 0.3) is 0 Å². The number of carbonyl (C=O) groups is 2. The van der Waals surface area contributed by atoms with E-state index in [0.717, 1.165) is 36.7 Å². The van der Waals surface area contributed by atoms with Crippen molar-refractivity contribution >= 4 is 11.8 Å². The van der Waals surface area contributed by atoms with Gasteiger partial charge < -0.3 is 15.2 Å². The Kier molecular flexibility index (Phi) is 6.55. The van der Waals surface area contributed by atoms with Crippen molar-refractivity contribution in [2.24, 2.45) is 5.73 Å². The molecule has 1 aliphatic rings. The van der Waals surface area contributed by atoms with E-state index >= 15 is 0 Å². The van der Waals surface area contributed by atoms with Crippen LogP contribution in [0.1, 0.15) is 30.9 Å². The highest BCUT2D eigenvalue weighted by molar-refractivity contribution is 5.80. The molecule has 2 rings (SSSR count). The van der Waals surface area contributed by atoms with Gasteiger partial charge in [0, 0.05) is 44.3 Å². The predicted molar refractivity (Wildman–Crippen MR) is 93.7 cm³/mol. The monoisotopic (exact) mass is 351 g/mol. The highest BCUT2D eigenvalue weighted by Gasteiger charge is 2.25. The van der Waals surface area contributed by atoms with Crippen LogP contribution in [0.4, 0.5) is 0 Å². The van der Waals surface area contributed by atoms with Crippen LogP contribution in [-0.2, 0) is 16.1 Å². The maximum Gasteiger partial charge on any atom is 0.236 e. The van der Waals surface area contributed by atoms with Crippen molar-refractivity contribution in [3.05, 3.63) is 17.0 Å². The zero-order valence-electron chi connectivity index (χ0n) is 15.6. The Hall–Kier alpha value is -1.93. The molecule has 1 fully saturated rings. The molecule has 0 saturated carbocycles. The minimum Gasteiger partial charge on any atom is -0.369 e. The number of carbonyl (C=O) groups excluding carboxylic acids is 2. The molecule has 1 aliphatic heterocycles. The Morgan fingerprint density at radius 1 is 1.20 bits per heavy atom. The van der Waals surface area contributed by atoms with E-state index in [9.17, 15) is 9.59 Å². The predicted octanol–water partition coefficient (Wildman–Crippen LogP) is 0.131. The van der Waals surface area contributed by atoms with Gasteiger partial charge in [-0.15, -0.1) is 0 Å². The van der Waals surface area contributed by atoms with Crippen molar-refractivity contribution in [2.75, 3.05) is 39.3 Å². The van der Waals surface area contributed by atoms with Crippen LogP contribution in [0, 0.1) is 13.8 Å². The van der Waals surface area contributed by atoms with E-state index in [4.69, 9.17) is 10.3 Å². The molecule has 140 valence electrons. The molecule has 1 saturated heterocycles. The van der Waals surface area contributed by atoms with Gasteiger partial charge in [0.15, 0.2) is 0 Å². The van der Waals surface area contributed by atoms with Crippen molar-refractivity contribution in [2.45, 2.75) is 40.3 Å². The molecule has 0 radical (unpaired) electrons. The molecule has 2 amide bonds. The lowest BCUT2D eigenvalue weighted by Gasteiger charge is -2.36. The molecule has 0 aromatic carbocycles. The lowest BCUT2D eigenvalue weighted by molar-refractivity contribution is -0.135. The number of nitrogens with zero attached hydrogens (tertiary/aromatic N) is 4. The molecule has 2 N–H and O–H groups in total. The summed E-state index contributed by atoms with van der Waals surface area (Å²) in [6.07, 6.45) is 0. The summed E-state index contributed by atoms with van der Waals surface area (Å²) in [5.74, 6) is 0.493. The summed E-state index contributed by atoms with van der Waals surface area (Å²) >= 11 is 0. The summed E-state index contributed by atoms with van der Waals surface area (Å²) in [5, 5.41) is 3.99. The zero-order valence-corrected chi connectivity index (χ0v) is 15.6. The van der Waals surface area contributed by atoms with Crippen molar-refractivity contribution in [1.82, 2.24) is 19.9 Å². The minimum absolute atomic E-state index is 0.0481. The summed E-state index contributed by atoms with van der Waals surface area (Å²) < 4.78 is 5.21. The highest BCUT2D eigenvalue weighted by Crippen LogP contribution is 2.16. The molecule has 8 nitrogen and oxygen atoms in total. The molecule has 1 aromatic rings. The van der Waals surface area contributed by atoms with Gasteiger partial charge in [0.25, 0.3) is 0 Å². The number of nitrogens with two attached hydrogens (primary N) is 1. The normalized spacial score (nSPS) is 16.0. The molecule has 0 spiro atoms. The fourth-order valence-electron chi connectivity index (χ4n) is 3.00. The second kappa shape index (κ2) is 8.44. The minimum atomic E-state index is -0.411. The van der Waals surface area contributed by atoms with E-state index in [-0.39, 0.29) is 25.0 Å². The molecule has 25 heavy (non-hydrogen) atoms. The fraction of sp³-hybridized carbons (Fsp3) is 0.706. The van der Waals surface area contributed by atoms with Gasteiger partial charge in [-0.25, -0.2) is 0 Å². The number of hydrogen-bond acceptors (Lipinski definition) is 6. The van der Waals surface area contributed by atoms with Crippen LogP contribution < -0.4 is 5.73 Å². The Morgan fingerprint density at radius 2 is 1.84 bits per heavy atom. The summed E-state index contributed by atoms with van der Waals surface area (Å²) in [4.78, 5) is 29.6. The average Bonchev–Trinajstić information content (AvgIpc) is 2.86. The lowest BCUT2D eigenvalue weighted by atomic mass is 10.1. The molecule has 0 unspecified atom stereocenters. The zero-order chi connectivity index (χ0) is 18.6. The maximum absolute atomic E-state index is 12.5. The van der Waals surface area contributed by atoms with Gasteiger partial charge in [0.05, 0.1) is 18.8 Å². The first kappa shape index (κ1) is 19.4. The van der Waals surface area contributed by atoms with Crippen LogP contribution in [0.2, 0.25) is 0 Å². The standard InChI is InChI=1S/C17H29N5O3/c1-12(2)22(10-16(18)23)11-17(24)21-7-5-20(6-8-21)9-15-13(3)19-25-14(15)4/h12H,5-11H2,1-4H3,(H2,18,23). The molecule has 0 bridgehead atoms. The van der Waals surface area contributed by atoms with Gasteiger partial charge in [-0.3, -0.25) is 19.4 Å². The molecule has 8 heteroatoms. The first-order chi connectivity index (χ1) is 11.8. The molecule has 0 aliphatic carbocycles. The first-order valence-electron chi connectivity index (χ1n) is 8.72. The summed E-state index contributed by atoms with van der Waals surface area (Å²) in [5.41, 5.74) is 7.32. The van der Waals surface area contributed by atoms with Gasteiger partial charge in [-0.2, -0.15) is 0 Å². The van der Waals surface area contributed by atoms with Crippen molar-refractivity contribution in [3.8, 4) is 0 Å². The third kappa shape index (κ3) is 5.27. The number of aromatic nitrogens is 1. The fourth-order valence-corrected chi connectivity index (χ4v) is 3.00. The summed E-state index contributed by atoms with van der Waals surface area (Å²) in [6.45, 7) is 11.9. The molecule has 1 aromatic heterocycles. The van der Waals surface area contributed by atoms with Crippen LogP contribution >= 0.6 is 0 Å². The largest absolute Gasteiger partial charge is 0.369 e. The third-order valence-corrected chi connectivity index (χ3v) is 4.72. The van der Waals surface area contributed by atoms with E-state index in [1.807, 2.05) is 32.6 Å². The maximum atomic E-state index is 12.5. The number of amides is 2. The Morgan fingerprint density at radius 3 is 2.32 bits per heavy atom. The van der Waals surface area contributed by atoms with Crippen molar-refractivity contribution < 1.29 is 14.1 Å². The second-order valence-electron chi connectivity index (χ2n) is 6.92. The van der Waals surface area contributed by atoms with E-state index in [1.165, 1.54) is 0 Å². The first-order valence-corrected chi connectivity index (χ1v) is 8.72. The summed E-state index contributed by atoms with van der Waals surface area (Å²) in [7, 11) is 0. The number of aryl methyl sites for hydroxylation is 2. The van der Waals surface area contributed by atoms with Crippen LogP contribution in [0.3, 0.4) is 0 Å². The van der Waals surface area contributed by atoms with E-state index in [1.54, 1.807) is 4.90 Å². The molecule has 2 heterocycles. The third-order valence-electron chi connectivity index (χ3n) is 4.72. The topological polar surface area (TPSA) is 95.9 Å². The van der Waals surface area contributed by atoms with Gasteiger partial charge in [0.1, 0.15) is 5.76 Å². The highest BCUT2D eigenvalue weighted by atomic mass is 16.5. The van der Waals surface area contributed by atoms with Gasteiger partial charge in [-0.1, -0.05) is 5.16 Å². The van der Waals surface area contributed by atoms with Gasteiger partial charge in [-0.05, 0) is 27.7 Å². The number of rotatable bonds is 7. The van der Waals surface area contributed by atoms with Gasteiger partial charge >= 0.3 is 0 Å². The van der Waals surface area contributed by atoms with Crippen molar-refractivity contribution in [1.29, 1.82) is 0 Å². The quantitative estimate of drug-likeness (QED) is 0.750. The SMILES string of the molecule is Cc1noc(C)c1CN1CCN(C(=O)CN(CC(N)=O)C(C)C)CC1. The lowest BCUT2D eigenvalue weighted by Crippen LogP contribution is -2.52. The molecular weight excluding hydrogens is 322 g/mol. The van der Waals surface area contributed by atoms with Crippen LogP contribution in [-0.4, -0.2) is 77.0 Å². The van der Waals surface area contributed by atoms with E-state index in [0.29, 0.717) is 13.1 Å². The molecular formula is C17H29N5O3. The summed E-state index contributed by atoms with van der Waals surface area (Å²) in [6, 6.07) is 0.0947. The smallest absolute Gasteiger partial charge is 0.236 e. The number of piperazine rings is 1. The van der Waals surface area contributed by atoms with Gasteiger partial charge in [0.2, 0.25) is 11.8 Å². The van der Waals surface area contributed by atoms with Crippen LogP contribution in [0.15, 0.2) is 4.52 Å². The number of primary amides is 1. The van der Waals surface area contributed by atoms with E-state index in [2.05, 4.69) is 10.1 Å². The second-order valence-corrected chi connectivity index (χ2v) is 6.92. The number of hydrogen-bond donors (Lipinski definition) is 1. The molecule has 0 atom stereocenters. The average molecular weight is 351 g/mol. The Bertz CT molecular complexity index is 586. The Labute approximate surface area is 148 Å². The van der Waals surface area contributed by atoms with Crippen molar-refractivity contribution in [3.63, 3.8) is 0 Å².